The summed E-state index contributed by atoms with van der Waals surface area (Å²) in [5.74, 6) is 0.689. The number of halogens is 1. The van der Waals surface area contributed by atoms with Crippen molar-refractivity contribution < 1.29 is 9.59 Å². The molecule has 1 aromatic carbocycles. The second-order valence-corrected chi connectivity index (χ2v) is 7.38. The molecule has 4 nitrogen and oxygen atoms in total. The SMILES string of the molecule is CC(C)CC(=O)NC1CCN(C(=O)CCc2ccc(Cl)cc2)CC1. The standard InChI is InChI=1S/C19H27ClN2O2/c1-14(2)13-18(23)21-17-9-11-22(12-10-17)19(24)8-5-15-3-6-16(20)7-4-15/h3-4,6-7,14,17H,5,8-13H2,1-2H3,(H,21,23). The molecule has 0 atom stereocenters. The predicted octanol–water partition coefficient (Wildman–Crippen LogP) is 3.43. The van der Waals surface area contributed by atoms with E-state index in [0.29, 0.717) is 23.8 Å². The summed E-state index contributed by atoms with van der Waals surface area (Å²) in [5.41, 5.74) is 1.13. The Labute approximate surface area is 149 Å². The normalized spacial score (nSPS) is 15.6. The summed E-state index contributed by atoms with van der Waals surface area (Å²) in [6.45, 7) is 5.54. The average Bonchev–Trinajstić information content (AvgIpc) is 2.54. The number of benzene rings is 1. The summed E-state index contributed by atoms with van der Waals surface area (Å²) < 4.78 is 0. The number of amides is 2. The number of carbonyl (C=O) groups excluding carboxylic acids is 2. The van der Waals surface area contributed by atoms with E-state index < -0.39 is 0 Å². The first-order valence-electron chi connectivity index (χ1n) is 8.75. The molecule has 2 amide bonds. The van der Waals surface area contributed by atoms with Crippen molar-refractivity contribution in [2.45, 2.75) is 52.0 Å². The summed E-state index contributed by atoms with van der Waals surface area (Å²) in [6, 6.07) is 7.84. The van der Waals surface area contributed by atoms with Crippen molar-refractivity contribution in [3.05, 3.63) is 34.9 Å². The van der Waals surface area contributed by atoms with E-state index in [1.165, 1.54) is 0 Å². The van der Waals surface area contributed by atoms with Crippen molar-refractivity contribution in [1.82, 2.24) is 10.2 Å². The number of aryl methyl sites for hydroxylation is 1. The molecule has 1 aliphatic heterocycles. The highest BCUT2D eigenvalue weighted by Crippen LogP contribution is 2.15. The Morgan fingerprint density at radius 1 is 1.21 bits per heavy atom. The van der Waals surface area contributed by atoms with Gasteiger partial charge in [-0.1, -0.05) is 37.6 Å². The molecule has 1 fully saturated rings. The summed E-state index contributed by atoms with van der Waals surface area (Å²) in [4.78, 5) is 26.1. The molecule has 0 radical (unpaired) electrons. The molecule has 1 aliphatic rings. The molecular weight excluding hydrogens is 324 g/mol. The van der Waals surface area contributed by atoms with Gasteiger partial charge in [0.25, 0.3) is 0 Å². The molecule has 0 bridgehead atoms. The molecule has 1 N–H and O–H groups in total. The van der Waals surface area contributed by atoms with E-state index in [2.05, 4.69) is 5.32 Å². The van der Waals surface area contributed by atoms with Crippen LogP contribution in [0, 0.1) is 5.92 Å². The van der Waals surface area contributed by atoms with E-state index >= 15 is 0 Å². The first kappa shape index (κ1) is 18.8. The summed E-state index contributed by atoms with van der Waals surface area (Å²) in [5, 5.41) is 3.80. The number of likely N-dealkylation sites (tertiary alicyclic amines) is 1. The molecule has 1 heterocycles. The van der Waals surface area contributed by atoms with Crippen molar-refractivity contribution in [3.8, 4) is 0 Å². The van der Waals surface area contributed by atoms with Gasteiger partial charge in [0.05, 0.1) is 0 Å². The Morgan fingerprint density at radius 2 is 1.83 bits per heavy atom. The maximum atomic E-state index is 12.3. The van der Waals surface area contributed by atoms with Crippen LogP contribution in [0.3, 0.4) is 0 Å². The van der Waals surface area contributed by atoms with E-state index in [1.54, 1.807) is 0 Å². The highest BCUT2D eigenvalue weighted by molar-refractivity contribution is 6.30. The van der Waals surface area contributed by atoms with Gasteiger partial charge in [0.15, 0.2) is 0 Å². The predicted molar refractivity (Wildman–Crippen MR) is 97.0 cm³/mol. The number of hydrogen-bond donors (Lipinski definition) is 1. The third-order valence-electron chi connectivity index (χ3n) is 4.35. The van der Waals surface area contributed by atoms with Crippen LogP contribution < -0.4 is 5.32 Å². The first-order chi connectivity index (χ1) is 11.4. The molecule has 0 unspecified atom stereocenters. The van der Waals surface area contributed by atoms with E-state index in [4.69, 9.17) is 11.6 Å². The number of rotatable bonds is 6. The zero-order valence-electron chi connectivity index (χ0n) is 14.6. The lowest BCUT2D eigenvalue weighted by atomic mass is 10.0. The van der Waals surface area contributed by atoms with Gasteiger partial charge in [-0.25, -0.2) is 0 Å². The lowest BCUT2D eigenvalue weighted by Crippen LogP contribution is -2.46. The zero-order chi connectivity index (χ0) is 17.5. The number of hydrogen-bond acceptors (Lipinski definition) is 2. The van der Waals surface area contributed by atoms with E-state index in [0.717, 1.165) is 37.9 Å². The topological polar surface area (TPSA) is 49.4 Å². The quantitative estimate of drug-likeness (QED) is 0.854. The van der Waals surface area contributed by atoms with Gasteiger partial charge in [0.2, 0.25) is 11.8 Å². The fourth-order valence-corrected chi connectivity index (χ4v) is 3.12. The minimum absolute atomic E-state index is 0.123. The highest BCUT2D eigenvalue weighted by atomic mass is 35.5. The Kier molecular flexibility index (Phi) is 7.10. The maximum Gasteiger partial charge on any atom is 0.222 e. The molecule has 0 saturated carbocycles. The van der Waals surface area contributed by atoms with E-state index in [-0.39, 0.29) is 17.9 Å². The van der Waals surface area contributed by atoms with Crippen molar-refractivity contribution >= 4 is 23.4 Å². The van der Waals surface area contributed by atoms with Gasteiger partial charge in [-0.2, -0.15) is 0 Å². The van der Waals surface area contributed by atoms with Crippen molar-refractivity contribution in [3.63, 3.8) is 0 Å². The van der Waals surface area contributed by atoms with Crippen LogP contribution in [0.15, 0.2) is 24.3 Å². The fourth-order valence-electron chi connectivity index (χ4n) is 2.99. The van der Waals surface area contributed by atoms with Gasteiger partial charge >= 0.3 is 0 Å². The number of carbonyl (C=O) groups is 2. The van der Waals surface area contributed by atoms with Gasteiger partial charge in [-0.3, -0.25) is 9.59 Å². The Hall–Kier alpha value is -1.55. The molecule has 0 spiro atoms. The molecular formula is C19H27ClN2O2. The Bertz CT molecular complexity index is 549. The van der Waals surface area contributed by atoms with E-state index in [1.807, 2.05) is 43.0 Å². The minimum Gasteiger partial charge on any atom is -0.353 e. The lowest BCUT2D eigenvalue weighted by molar-refractivity contribution is -0.132. The first-order valence-corrected chi connectivity index (χ1v) is 9.13. The third kappa shape index (κ3) is 6.16. The Balaban J connectivity index is 1.70. The van der Waals surface area contributed by atoms with Crippen LogP contribution in [0.2, 0.25) is 5.02 Å². The van der Waals surface area contributed by atoms with Crippen LogP contribution in [0.25, 0.3) is 0 Å². The van der Waals surface area contributed by atoms with Crippen LogP contribution in [0.4, 0.5) is 0 Å². The van der Waals surface area contributed by atoms with Crippen molar-refractivity contribution in [2.24, 2.45) is 5.92 Å². The van der Waals surface area contributed by atoms with Crippen molar-refractivity contribution in [1.29, 1.82) is 0 Å². The average molecular weight is 351 g/mol. The molecule has 24 heavy (non-hydrogen) atoms. The van der Waals surface area contributed by atoms with Gasteiger partial charge in [0.1, 0.15) is 0 Å². The molecule has 0 aliphatic carbocycles. The van der Waals surface area contributed by atoms with Crippen LogP contribution in [-0.2, 0) is 16.0 Å². The lowest BCUT2D eigenvalue weighted by Gasteiger charge is -2.32. The summed E-state index contributed by atoms with van der Waals surface area (Å²) in [6.07, 6.45) is 3.51. The van der Waals surface area contributed by atoms with E-state index in [9.17, 15) is 9.59 Å². The van der Waals surface area contributed by atoms with Gasteiger partial charge < -0.3 is 10.2 Å². The maximum absolute atomic E-state index is 12.3. The number of nitrogens with zero attached hydrogens (tertiary/aromatic N) is 1. The molecule has 132 valence electrons. The zero-order valence-corrected chi connectivity index (χ0v) is 15.3. The molecule has 5 heteroatoms. The van der Waals surface area contributed by atoms with Crippen LogP contribution in [0.5, 0.6) is 0 Å². The van der Waals surface area contributed by atoms with Crippen molar-refractivity contribution in [2.75, 3.05) is 13.1 Å². The second-order valence-electron chi connectivity index (χ2n) is 6.95. The van der Waals surface area contributed by atoms with Crippen LogP contribution >= 0.6 is 11.6 Å². The molecule has 2 rings (SSSR count). The molecule has 1 saturated heterocycles. The fraction of sp³-hybridized carbons (Fsp3) is 0.579. The number of piperidine rings is 1. The van der Waals surface area contributed by atoms with Gasteiger partial charge in [0, 0.05) is 37.0 Å². The smallest absolute Gasteiger partial charge is 0.222 e. The van der Waals surface area contributed by atoms with Gasteiger partial charge in [-0.05, 0) is 42.9 Å². The largest absolute Gasteiger partial charge is 0.353 e. The second kappa shape index (κ2) is 9.07. The summed E-state index contributed by atoms with van der Waals surface area (Å²) in [7, 11) is 0. The minimum atomic E-state index is 0.123. The van der Waals surface area contributed by atoms with Crippen LogP contribution in [0.1, 0.15) is 45.1 Å². The van der Waals surface area contributed by atoms with Crippen LogP contribution in [-0.4, -0.2) is 35.8 Å². The monoisotopic (exact) mass is 350 g/mol. The third-order valence-corrected chi connectivity index (χ3v) is 4.60. The molecule has 1 aromatic rings. The van der Waals surface area contributed by atoms with Gasteiger partial charge in [-0.15, -0.1) is 0 Å². The Morgan fingerprint density at radius 3 is 2.42 bits per heavy atom. The highest BCUT2D eigenvalue weighted by Gasteiger charge is 2.23. The molecule has 0 aromatic heterocycles. The summed E-state index contributed by atoms with van der Waals surface area (Å²) >= 11 is 5.87. The number of nitrogens with one attached hydrogen (secondary N) is 1.